The molecular formula is C15H15Cl. The zero-order valence-corrected chi connectivity index (χ0v) is 10.1. The highest BCUT2D eigenvalue weighted by atomic mass is 35.5. The van der Waals surface area contributed by atoms with Gasteiger partial charge in [-0.3, -0.25) is 0 Å². The van der Waals surface area contributed by atoms with Gasteiger partial charge in [-0.15, -0.1) is 0 Å². The van der Waals surface area contributed by atoms with Crippen molar-refractivity contribution >= 4 is 17.2 Å². The van der Waals surface area contributed by atoms with Gasteiger partial charge in [0.2, 0.25) is 0 Å². The monoisotopic (exact) mass is 230 g/mol. The molecule has 0 saturated heterocycles. The molecule has 82 valence electrons. The highest BCUT2D eigenvalue weighted by molar-refractivity contribution is 6.30. The van der Waals surface area contributed by atoms with Gasteiger partial charge >= 0.3 is 0 Å². The average molecular weight is 231 g/mol. The third-order valence-electron chi connectivity index (χ3n) is 3.84. The second kappa shape index (κ2) is 3.78. The first-order valence-corrected chi connectivity index (χ1v) is 6.29. The lowest BCUT2D eigenvalue weighted by molar-refractivity contribution is 0.732. The lowest BCUT2D eigenvalue weighted by Gasteiger charge is -2.05. The van der Waals surface area contributed by atoms with E-state index in [9.17, 15) is 0 Å². The lowest BCUT2D eigenvalue weighted by Crippen LogP contribution is -1.91. The summed E-state index contributed by atoms with van der Waals surface area (Å²) in [6.07, 6.45) is 4.98. The second-order valence-corrected chi connectivity index (χ2v) is 5.23. The molecule has 0 nitrogen and oxygen atoms in total. The minimum Gasteiger partial charge on any atom is -0.0989 e. The van der Waals surface area contributed by atoms with E-state index in [1.165, 1.54) is 36.0 Å². The third kappa shape index (κ3) is 1.53. The second-order valence-electron chi connectivity index (χ2n) is 4.79. The molecule has 1 saturated carbocycles. The first-order valence-electron chi connectivity index (χ1n) is 5.91. The molecule has 1 fully saturated rings. The maximum atomic E-state index is 5.92. The van der Waals surface area contributed by atoms with Crippen molar-refractivity contribution in [2.75, 3.05) is 0 Å². The fraction of sp³-hybridized carbons (Fsp3) is 0.333. The minimum atomic E-state index is 0.686. The normalized spacial score (nSPS) is 24.1. The van der Waals surface area contributed by atoms with Crippen molar-refractivity contribution in [1.82, 2.24) is 0 Å². The van der Waals surface area contributed by atoms with Crippen molar-refractivity contribution < 1.29 is 0 Å². The Morgan fingerprint density at radius 3 is 2.69 bits per heavy atom. The van der Waals surface area contributed by atoms with E-state index in [1.54, 1.807) is 5.57 Å². The van der Waals surface area contributed by atoms with Crippen LogP contribution >= 0.6 is 11.6 Å². The molecule has 0 radical (unpaired) electrons. The van der Waals surface area contributed by atoms with Crippen molar-refractivity contribution in [3.63, 3.8) is 0 Å². The molecule has 0 heterocycles. The number of hydrogen-bond donors (Lipinski definition) is 0. The van der Waals surface area contributed by atoms with Crippen LogP contribution in [0.1, 0.15) is 31.2 Å². The lowest BCUT2D eigenvalue weighted by atomic mass is 10.0. The molecule has 1 unspecified atom stereocenters. The Balaban J connectivity index is 2.04. The standard InChI is InChI=1S/C15H15Cl/c1-10-9-15(14-4-2-3-13(10)14)11-5-7-12(16)8-6-11/h5-8,13H,1-4,9H2. The van der Waals surface area contributed by atoms with Crippen LogP contribution in [0.25, 0.3) is 5.57 Å². The summed E-state index contributed by atoms with van der Waals surface area (Å²) >= 11 is 5.92. The van der Waals surface area contributed by atoms with Crippen LogP contribution in [0.5, 0.6) is 0 Å². The van der Waals surface area contributed by atoms with Crippen molar-refractivity contribution in [2.45, 2.75) is 25.7 Å². The summed E-state index contributed by atoms with van der Waals surface area (Å²) in [6.45, 7) is 4.22. The van der Waals surface area contributed by atoms with Gasteiger partial charge in [-0.25, -0.2) is 0 Å². The molecule has 0 N–H and O–H groups in total. The van der Waals surface area contributed by atoms with Gasteiger partial charge in [-0.2, -0.15) is 0 Å². The molecule has 0 spiro atoms. The molecule has 0 bridgehead atoms. The fourth-order valence-corrected chi connectivity index (χ4v) is 3.19. The molecule has 1 heteroatoms. The summed E-state index contributed by atoms with van der Waals surface area (Å²) in [7, 11) is 0. The molecule has 3 rings (SSSR count). The van der Waals surface area contributed by atoms with Gasteiger partial charge in [-0.05, 0) is 49.0 Å². The highest BCUT2D eigenvalue weighted by Crippen LogP contribution is 2.49. The minimum absolute atomic E-state index is 0.686. The van der Waals surface area contributed by atoms with Gasteiger partial charge in [0, 0.05) is 10.9 Å². The van der Waals surface area contributed by atoms with Crippen LogP contribution in [-0.2, 0) is 0 Å². The Morgan fingerprint density at radius 2 is 1.94 bits per heavy atom. The maximum Gasteiger partial charge on any atom is 0.0406 e. The van der Waals surface area contributed by atoms with E-state index in [2.05, 4.69) is 18.7 Å². The largest absolute Gasteiger partial charge is 0.0989 e. The molecule has 2 aliphatic carbocycles. The van der Waals surface area contributed by atoms with E-state index in [0.29, 0.717) is 5.92 Å². The molecule has 0 aliphatic heterocycles. The zero-order valence-electron chi connectivity index (χ0n) is 9.30. The van der Waals surface area contributed by atoms with Crippen LogP contribution in [0.2, 0.25) is 5.02 Å². The molecule has 16 heavy (non-hydrogen) atoms. The van der Waals surface area contributed by atoms with Gasteiger partial charge in [-0.1, -0.05) is 41.5 Å². The van der Waals surface area contributed by atoms with Gasteiger partial charge in [0.1, 0.15) is 0 Å². The van der Waals surface area contributed by atoms with Crippen molar-refractivity contribution in [1.29, 1.82) is 0 Å². The molecule has 1 aromatic carbocycles. The van der Waals surface area contributed by atoms with Gasteiger partial charge in [0.05, 0.1) is 0 Å². The van der Waals surface area contributed by atoms with Gasteiger partial charge in [0.25, 0.3) is 0 Å². The maximum absolute atomic E-state index is 5.92. The number of fused-ring (bicyclic) bond motifs is 1. The third-order valence-corrected chi connectivity index (χ3v) is 4.09. The zero-order chi connectivity index (χ0) is 11.1. The average Bonchev–Trinajstić information content (AvgIpc) is 2.84. The summed E-state index contributed by atoms with van der Waals surface area (Å²) in [5.74, 6) is 0.686. The van der Waals surface area contributed by atoms with Crippen molar-refractivity contribution in [3.8, 4) is 0 Å². The molecular weight excluding hydrogens is 216 g/mol. The predicted octanol–water partition coefficient (Wildman–Crippen LogP) is 4.85. The van der Waals surface area contributed by atoms with Crippen molar-refractivity contribution in [2.24, 2.45) is 5.92 Å². The van der Waals surface area contributed by atoms with Gasteiger partial charge in [0.15, 0.2) is 0 Å². The van der Waals surface area contributed by atoms with Crippen molar-refractivity contribution in [3.05, 3.63) is 52.6 Å². The van der Waals surface area contributed by atoms with Crippen LogP contribution in [-0.4, -0.2) is 0 Å². The molecule has 1 aromatic rings. The highest BCUT2D eigenvalue weighted by Gasteiger charge is 2.32. The Bertz CT molecular complexity index is 465. The molecule has 1 atom stereocenters. The summed E-state index contributed by atoms with van der Waals surface area (Å²) in [4.78, 5) is 0. The van der Waals surface area contributed by atoms with E-state index >= 15 is 0 Å². The van der Waals surface area contributed by atoms with E-state index in [0.717, 1.165) is 11.4 Å². The molecule has 0 amide bonds. The summed E-state index contributed by atoms with van der Waals surface area (Å²) in [5.41, 5.74) is 5.92. The summed E-state index contributed by atoms with van der Waals surface area (Å²) < 4.78 is 0. The number of hydrogen-bond acceptors (Lipinski definition) is 0. The van der Waals surface area contributed by atoms with Crippen LogP contribution in [0.4, 0.5) is 0 Å². The van der Waals surface area contributed by atoms with E-state index in [-0.39, 0.29) is 0 Å². The number of halogens is 1. The number of rotatable bonds is 1. The topological polar surface area (TPSA) is 0 Å². The Kier molecular flexibility index (Phi) is 2.40. The van der Waals surface area contributed by atoms with Crippen LogP contribution in [0.3, 0.4) is 0 Å². The van der Waals surface area contributed by atoms with Crippen LogP contribution in [0, 0.1) is 5.92 Å². The first kappa shape index (κ1) is 10.2. The van der Waals surface area contributed by atoms with Crippen LogP contribution < -0.4 is 0 Å². The SMILES string of the molecule is C=C1CC(c2ccc(Cl)cc2)=C2CCCC12. The number of allylic oxidation sites excluding steroid dienone is 3. The Hall–Kier alpha value is -1.01. The van der Waals surface area contributed by atoms with Crippen LogP contribution in [0.15, 0.2) is 42.0 Å². The summed E-state index contributed by atoms with van der Waals surface area (Å²) in [5, 5.41) is 0.814. The molecule has 0 aromatic heterocycles. The summed E-state index contributed by atoms with van der Waals surface area (Å²) in [6, 6.07) is 8.24. The first-order chi connectivity index (χ1) is 7.75. The van der Waals surface area contributed by atoms with E-state index in [4.69, 9.17) is 11.6 Å². The fourth-order valence-electron chi connectivity index (χ4n) is 3.06. The van der Waals surface area contributed by atoms with E-state index in [1.807, 2.05) is 12.1 Å². The smallest absolute Gasteiger partial charge is 0.0406 e. The Morgan fingerprint density at radius 1 is 1.19 bits per heavy atom. The molecule has 2 aliphatic rings. The number of benzene rings is 1. The quantitative estimate of drug-likeness (QED) is 0.605. The predicted molar refractivity (Wildman–Crippen MR) is 69.5 cm³/mol. The Labute approximate surface area is 102 Å². The van der Waals surface area contributed by atoms with E-state index < -0.39 is 0 Å². The van der Waals surface area contributed by atoms with Gasteiger partial charge < -0.3 is 0 Å².